The number of hydrogen-bond acceptors (Lipinski definition) is 9. The van der Waals surface area contributed by atoms with E-state index in [-0.39, 0.29) is 12.1 Å². The van der Waals surface area contributed by atoms with Crippen molar-refractivity contribution in [3.63, 3.8) is 0 Å². The molecule has 2 aliphatic carbocycles. The van der Waals surface area contributed by atoms with Crippen LogP contribution in [0.4, 0.5) is 0 Å². The van der Waals surface area contributed by atoms with Crippen LogP contribution in [0.2, 0.25) is 0 Å². The molecule has 9 nitrogen and oxygen atoms in total. The molecule has 2 rings (SSSR count). The van der Waals surface area contributed by atoms with Gasteiger partial charge in [-0.2, -0.15) is 0 Å². The highest BCUT2D eigenvalue weighted by Gasteiger charge is 2.37. The SMILES string of the molecule is CCN.COCCCOCC1(O)CCCCC1N.COCCOCC1(O)CCCCC1N. The van der Waals surface area contributed by atoms with Crippen LogP contribution < -0.4 is 17.2 Å². The van der Waals surface area contributed by atoms with Crippen molar-refractivity contribution in [2.24, 2.45) is 17.2 Å². The Morgan fingerprint density at radius 3 is 1.59 bits per heavy atom. The normalized spacial score (nSPS) is 30.0. The molecule has 0 aromatic heterocycles. The summed E-state index contributed by atoms with van der Waals surface area (Å²) in [7, 11) is 3.30. The molecule has 2 saturated carbocycles. The predicted octanol–water partition coefficient (Wildman–Crippen LogP) is 0.919. The minimum atomic E-state index is -0.814. The lowest BCUT2D eigenvalue weighted by molar-refractivity contribution is -0.0859. The lowest BCUT2D eigenvalue weighted by Crippen LogP contribution is -2.53. The first-order valence-electron chi connectivity index (χ1n) is 12.1. The van der Waals surface area contributed by atoms with Gasteiger partial charge in [-0.3, -0.25) is 0 Å². The maximum atomic E-state index is 10.2. The van der Waals surface area contributed by atoms with Gasteiger partial charge in [-0.05, 0) is 38.6 Å². The van der Waals surface area contributed by atoms with Crippen molar-refractivity contribution in [3.05, 3.63) is 0 Å². The van der Waals surface area contributed by atoms with Gasteiger partial charge in [0.25, 0.3) is 0 Å². The number of nitrogens with two attached hydrogens (primary N) is 3. The monoisotopic (exact) mass is 465 g/mol. The third kappa shape index (κ3) is 13.4. The topological polar surface area (TPSA) is 155 Å². The van der Waals surface area contributed by atoms with E-state index in [0.29, 0.717) is 39.6 Å². The maximum Gasteiger partial charge on any atom is 0.103 e. The van der Waals surface area contributed by atoms with Gasteiger partial charge in [0.15, 0.2) is 0 Å². The van der Waals surface area contributed by atoms with Crippen LogP contribution in [0.15, 0.2) is 0 Å². The van der Waals surface area contributed by atoms with E-state index in [1.807, 2.05) is 6.92 Å². The van der Waals surface area contributed by atoms with E-state index in [1.54, 1.807) is 14.2 Å². The Morgan fingerprint density at radius 2 is 1.19 bits per heavy atom. The smallest absolute Gasteiger partial charge is 0.103 e. The van der Waals surface area contributed by atoms with Crippen molar-refractivity contribution in [1.82, 2.24) is 0 Å². The molecule has 0 aliphatic heterocycles. The van der Waals surface area contributed by atoms with Crippen LogP contribution in [-0.2, 0) is 18.9 Å². The Kier molecular flexibility index (Phi) is 18.8. The molecule has 0 aromatic carbocycles. The van der Waals surface area contributed by atoms with Crippen molar-refractivity contribution in [3.8, 4) is 0 Å². The molecule has 0 aromatic rings. The molecule has 194 valence electrons. The summed E-state index contributed by atoms with van der Waals surface area (Å²) in [4.78, 5) is 0. The van der Waals surface area contributed by atoms with E-state index in [9.17, 15) is 10.2 Å². The summed E-state index contributed by atoms with van der Waals surface area (Å²) in [5.41, 5.74) is 15.0. The average molecular weight is 466 g/mol. The fraction of sp³-hybridized carbons (Fsp3) is 1.00. The Labute approximate surface area is 195 Å². The minimum absolute atomic E-state index is 0.131. The van der Waals surface area contributed by atoms with Crippen LogP contribution in [0.3, 0.4) is 0 Å². The summed E-state index contributed by atoms with van der Waals surface area (Å²) in [6, 6.07) is -0.271. The molecular formula is C23H51N3O6. The zero-order chi connectivity index (χ0) is 24.3. The molecular weight excluding hydrogens is 414 g/mol. The Morgan fingerprint density at radius 1 is 0.750 bits per heavy atom. The largest absolute Gasteiger partial charge is 0.386 e. The number of ether oxygens (including phenoxy) is 4. The van der Waals surface area contributed by atoms with Crippen molar-refractivity contribution in [2.75, 3.05) is 60.4 Å². The van der Waals surface area contributed by atoms with Gasteiger partial charge in [-0.1, -0.05) is 32.6 Å². The number of rotatable bonds is 11. The quantitative estimate of drug-likeness (QED) is 0.280. The lowest BCUT2D eigenvalue weighted by atomic mass is 9.81. The Bertz CT molecular complexity index is 435. The van der Waals surface area contributed by atoms with Gasteiger partial charge in [0.1, 0.15) is 11.2 Å². The molecule has 0 amide bonds. The zero-order valence-electron chi connectivity index (χ0n) is 20.7. The summed E-state index contributed by atoms with van der Waals surface area (Å²) in [6.07, 6.45) is 8.49. The van der Waals surface area contributed by atoms with E-state index in [4.69, 9.17) is 36.1 Å². The second-order valence-corrected chi connectivity index (χ2v) is 8.76. The first-order valence-corrected chi connectivity index (χ1v) is 12.1. The van der Waals surface area contributed by atoms with E-state index < -0.39 is 11.2 Å². The van der Waals surface area contributed by atoms with Gasteiger partial charge < -0.3 is 46.4 Å². The van der Waals surface area contributed by atoms with Crippen LogP contribution >= 0.6 is 0 Å². The molecule has 4 unspecified atom stereocenters. The number of methoxy groups -OCH3 is 2. The van der Waals surface area contributed by atoms with Crippen LogP contribution in [0.1, 0.15) is 64.7 Å². The number of hydrogen-bond donors (Lipinski definition) is 5. The molecule has 4 atom stereocenters. The van der Waals surface area contributed by atoms with E-state index >= 15 is 0 Å². The Hall–Kier alpha value is -0.360. The predicted molar refractivity (Wildman–Crippen MR) is 128 cm³/mol. The van der Waals surface area contributed by atoms with E-state index in [2.05, 4.69) is 0 Å². The summed E-state index contributed by atoms with van der Waals surface area (Å²) in [6.45, 7) is 5.75. The van der Waals surface area contributed by atoms with Crippen molar-refractivity contribution >= 4 is 0 Å². The standard InChI is InChI=1S/C11H23NO3.C10H21NO3.C2H7N/c1-14-7-4-8-15-9-11(13)6-3-2-5-10(11)12;1-13-6-7-14-8-10(12)5-3-2-4-9(10)11;1-2-3/h10,13H,2-9,12H2,1H3;9,12H,2-8,11H2,1H3;2-3H2,1H3. The summed E-state index contributed by atoms with van der Waals surface area (Å²) in [5.74, 6) is 0. The molecule has 0 bridgehead atoms. The molecule has 0 heterocycles. The third-order valence-electron chi connectivity index (χ3n) is 5.90. The van der Waals surface area contributed by atoms with Gasteiger partial charge in [0.05, 0.1) is 26.4 Å². The lowest BCUT2D eigenvalue weighted by Gasteiger charge is -2.37. The zero-order valence-corrected chi connectivity index (χ0v) is 20.7. The molecule has 8 N–H and O–H groups in total. The van der Waals surface area contributed by atoms with Crippen LogP contribution in [-0.4, -0.2) is 93.9 Å². The summed E-state index contributed by atoms with van der Waals surface area (Å²) in [5, 5.41) is 20.4. The van der Waals surface area contributed by atoms with Gasteiger partial charge in [0, 0.05) is 39.5 Å². The van der Waals surface area contributed by atoms with Gasteiger partial charge >= 0.3 is 0 Å². The fourth-order valence-corrected chi connectivity index (χ4v) is 3.80. The molecule has 0 spiro atoms. The van der Waals surface area contributed by atoms with E-state index in [0.717, 1.165) is 64.3 Å². The van der Waals surface area contributed by atoms with Gasteiger partial charge in [-0.15, -0.1) is 0 Å². The molecule has 9 heteroatoms. The summed E-state index contributed by atoms with van der Waals surface area (Å²) >= 11 is 0. The number of aliphatic hydroxyl groups is 2. The second-order valence-electron chi connectivity index (χ2n) is 8.76. The van der Waals surface area contributed by atoms with Crippen molar-refractivity contribution < 1.29 is 29.2 Å². The highest BCUT2D eigenvalue weighted by atomic mass is 16.5. The first kappa shape index (κ1) is 31.6. The molecule has 2 fully saturated rings. The molecule has 0 radical (unpaired) electrons. The highest BCUT2D eigenvalue weighted by Crippen LogP contribution is 2.28. The third-order valence-corrected chi connectivity index (χ3v) is 5.90. The second kappa shape index (κ2) is 19.0. The highest BCUT2D eigenvalue weighted by molar-refractivity contribution is 4.93. The first-order chi connectivity index (χ1) is 15.3. The van der Waals surface area contributed by atoms with Crippen LogP contribution in [0, 0.1) is 0 Å². The maximum absolute atomic E-state index is 10.2. The fourth-order valence-electron chi connectivity index (χ4n) is 3.80. The van der Waals surface area contributed by atoms with Gasteiger partial charge in [0.2, 0.25) is 0 Å². The van der Waals surface area contributed by atoms with Crippen LogP contribution in [0.25, 0.3) is 0 Å². The van der Waals surface area contributed by atoms with E-state index in [1.165, 1.54) is 0 Å². The van der Waals surface area contributed by atoms with Crippen LogP contribution in [0.5, 0.6) is 0 Å². The average Bonchev–Trinajstić information content (AvgIpc) is 2.77. The molecule has 32 heavy (non-hydrogen) atoms. The molecule has 0 saturated heterocycles. The Balaban J connectivity index is 0.000000536. The van der Waals surface area contributed by atoms with Crippen molar-refractivity contribution in [2.45, 2.75) is 88.0 Å². The molecule has 2 aliphatic rings. The summed E-state index contributed by atoms with van der Waals surface area (Å²) < 4.78 is 20.5. The minimum Gasteiger partial charge on any atom is -0.386 e. The van der Waals surface area contributed by atoms with Crippen molar-refractivity contribution in [1.29, 1.82) is 0 Å². The van der Waals surface area contributed by atoms with Gasteiger partial charge in [-0.25, -0.2) is 0 Å².